The van der Waals surface area contributed by atoms with Crippen LogP contribution in [0.15, 0.2) is 24.3 Å². The van der Waals surface area contributed by atoms with Crippen molar-refractivity contribution < 1.29 is 14.3 Å². The van der Waals surface area contributed by atoms with Gasteiger partial charge < -0.3 is 15.0 Å². The van der Waals surface area contributed by atoms with Crippen molar-refractivity contribution in [2.24, 2.45) is 0 Å². The van der Waals surface area contributed by atoms with Gasteiger partial charge in [-0.2, -0.15) is 0 Å². The summed E-state index contributed by atoms with van der Waals surface area (Å²) in [6.45, 7) is 6.06. The number of unbranched alkanes of at least 4 members (excludes halogenated alkanes) is 1. The number of nitrogens with zero attached hydrogens (tertiary/aromatic N) is 2. The molecule has 6 heteroatoms. The quantitative estimate of drug-likeness (QED) is 0.720. The van der Waals surface area contributed by atoms with E-state index < -0.39 is 0 Å². The number of carbonyl (C=O) groups excluding carboxylic acids is 2. The van der Waals surface area contributed by atoms with Crippen LogP contribution in [-0.2, 0) is 16.0 Å². The molecule has 1 aliphatic heterocycles. The van der Waals surface area contributed by atoms with Crippen LogP contribution in [-0.4, -0.2) is 68.0 Å². The molecule has 0 aliphatic carbocycles. The maximum atomic E-state index is 12.5. The number of hydrogen-bond donors (Lipinski definition) is 1. The molecular formula is C19H29N3O3. The van der Waals surface area contributed by atoms with Gasteiger partial charge in [-0.15, -0.1) is 0 Å². The molecule has 1 aromatic rings. The average Bonchev–Trinajstić information content (AvgIpc) is 2.63. The number of para-hydroxylation sites is 1. The van der Waals surface area contributed by atoms with Gasteiger partial charge in [0.1, 0.15) is 5.75 Å². The van der Waals surface area contributed by atoms with Crippen molar-refractivity contribution in [3.05, 3.63) is 29.8 Å². The van der Waals surface area contributed by atoms with Crippen molar-refractivity contribution in [3.8, 4) is 5.75 Å². The summed E-state index contributed by atoms with van der Waals surface area (Å²) >= 11 is 0. The van der Waals surface area contributed by atoms with Crippen molar-refractivity contribution >= 4 is 11.8 Å². The molecule has 1 N–H and O–H groups in total. The van der Waals surface area contributed by atoms with E-state index in [4.69, 9.17) is 4.74 Å². The Morgan fingerprint density at radius 1 is 1.16 bits per heavy atom. The fourth-order valence-electron chi connectivity index (χ4n) is 2.94. The number of ether oxygens (including phenoxy) is 1. The lowest BCUT2D eigenvalue weighted by Gasteiger charge is -2.34. The van der Waals surface area contributed by atoms with Gasteiger partial charge in [0.25, 0.3) is 0 Å². The van der Waals surface area contributed by atoms with Crippen LogP contribution in [0.3, 0.4) is 0 Å². The summed E-state index contributed by atoms with van der Waals surface area (Å²) in [4.78, 5) is 28.4. The van der Waals surface area contributed by atoms with Crippen LogP contribution < -0.4 is 10.1 Å². The molecule has 0 unspecified atom stereocenters. The number of piperazine rings is 1. The first-order valence-electron chi connectivity index (χ1n) is 9.02. The van der Waals surface area contributed by atoms with Crippen molar-refractivity contribution in [1.82, 2.24) is 15.1 Å². The van der Waals surface area contributed by atoms with Gasteiger partial charge >= 0.3 is 0 Å². The molecule has 0 atom stereocenters. The van der Waals surface area contributed by atoms with Crippen LogP contribution in [0, 0.1) is 0 Å². The molecule has 1 fully saturated rings. The van der Waals surface area contributed by atoms with Crippen molar-refractivity contribution in [3.63, 3.8) is 0 Å². The minimum Gasteiger partial charge on any atom is -0.496 e. The molecule has 0 aromatic heterocycles. The zero-order chi connectivity index (χ0) is 18.1. The second-order valence-electron chi connectivity index (χ2n) is 6.35. The molecule has 0 spiro atoms. The Labute approximate surface area is 150 Å². The van der Waals surface area contributed by atoms with E-state index >= 15 is 0 Å². The zero-order valence-electron chi connectivity index (χ0n) is 15.3. The molecule has 1 heterocycles. The van der Waals surface area contributed by atoms with Crippen molar-refractivity contribution in [2.45, 2.75) is 26.2 Å². The average molecular weight is 347 g/mol. The molecule has 1 aromatic carbocycles. The van der Waals surface area contributed by atoms with Gasteiger partial charge in [0.2, 0.25) is 11.8 Å². The molecule has 1 saturated heterocycles. The number of carbonyl (C=O) groups is 2. The van der Waals surface area contributed by atoms with E-state index in [1.165, 1.54) is 0 Å². The Morgan fingerprint density at radius 3 is 2.56 bits per heavy atom. The molecule has 0 bridgehead atoms. The number of amides is 2. The van der Waals surface area contributed by atoms with E-state index in [9.17, 15) is 9.59 Å². The summed E-state index contributed by atoms with van der Waals surface area (Å²) < 4.78 is 5.31. The Morgan fingerprint density at radius 2 is 1.88 bits per heavy atom. The highest BCUT2D eigenvalue weighted by Gasteiger charge is 2.23. The third-order valence-corrected chi connectivity index (χ3v) is 4.48. The number of nitrogens with one attached hydrogen (secondary N) is 1. The minimum absolute atomic E-state index is 0.0715. The van der Waals surface area contributed by atoms with Gasteiger partial charge in [0.05, 0.1) is 20.1 Å². The molecule has 2 rings (SSSR count). The van der Waals surface area contributed by atoms with Gasteiger partial charge in [-0.25, -0.2) is 0 Å². The molecule has 1 aliphatic rings. The zero-order valence-corrected chi connectivity index (χ0v) is 15.3. The highest BCUT2D eigenvalue weighted by atomic mass is 16.5. The summed E-state index contributed by atoms with van der Waals surface area (Å²) in [5.41, 5.74) is 0.910. The Hall–Kier alpha value is -2.08. The first-order valence-corrected chi connectivity index (χ1v) is 9.02. The Balaban J connectivity index is 1.75. The second kappa shape index (κ2) is 10.0. The van der Waals surface area contributed by atoms with Crippen molar-refractivity contribution in [2.75, 3.05) is 46.4 Å². The molecule has 138 valence electrons. The Bertz CT molecular complexity index is 569. The van der Waals surface area contributed by atoms with E-state index in [1.807, 2.05) is 29.2 Å². The third kappa shape index (κ3) is 6.05. The largest absolute Gasteiger partial charge is 0.496 e. The summed E-state index contributed by atoms with van der Waals surface area (Å²) in [5, 5.41) is 2.94. The minimum atomic E-state index is 0.0715. The van der Waals surface area contributed by atoms with Crippen LogP contribution in [0.5, 0.6) is 5.75 Å². The van der Waals surface area contributed by atoms with Gasteiger partial charge in [0, 0.05) is 38.3 Å². The van der Waals surface area contributed by atoms with E-state index in [2.05, 4.69) is 17.1 Å². The number of hydrogen-bond acceptors (Lipinski definition) is 4. The predicted octanol–water partition coefficient (Wildman–Crippen LogP) is 1.30. The van der Waals surface area contributed by atoms with Gasteiger partial charge in [0.15, 0.2) is 0 Å². The molecule has 0 radical (unpaired) electrons. The van der Waals surface area contributed by atoms with E-state index in [0.717, 1.165) is 43.8 Å². The Kier molecular flexibility index (Phi) is 7.73. The SMILES string of the molecule is CCCCNC(=O)CN1CCN(C(=O)Cc2ccccc2OC)CC1. The normalized spacial score (nSPS) is 15.0. The van der Waals surface area contributed by atoms with Gasteiger partial charge in [-0.3, -0.25) is 14.5 Å². The van der Waals surface area contributed by atoms with Crippen molar-refractivity contribution in [1.29, 1.82) is 0 Å². The number of rotatable bonds is 8. The fraction of sp³-hybridized carbons (Fsp3) is 0.579. The smallest absolute Gasteiger partial charge is 0.234 e. The standard InChI is InChI=1S/C19H29N3O3/c1-3-4-9-20-18(23)15-21-10-12-22(13-11-21)19(24)14-16-7-5-6-8-17(16)25-2/h5-8H,3-4,9-15H2,1-2H3,(H,20,23). The highest BCUT2D eigenvalue weighted by molar-refractivity contribution is 5.80. The predicted molar refractivity (Wildman–Crippen MR) is 97.6 cm³/mol. The first-order chi connectivity index (χ1) is 12.1. The molecule has 25 heavy (non-hydrogen) atoms. The van der Waals surface area contributed by atoms with Crippen LogP contribution in [0.25, 0.3) is 0 Å². The van der Waals surface area contributed by atoms with E-state index in [0.29, 0.717) is 26.1 Å². The summed E-state index contributed by atoms with van der Waals surface area (Å²) in [5.74, 6) is 0.928. The molecular weight excluding hydrogens is 318 g/mol. The number of benzene rings is 1. The molecule has 2 amide bonds. The van der Waals surface area contributed by atoms with Gasteiger partial charge in [-0.1, -0.05) is 31.5 Å². The van der Waals surface area contributed by atoms with Crippen LogP contribution >= 0.6 is 0 Å². The molecule has 6 nitrogen and oxygen atoms in total. The van der Waals surface area contributed by atoms with Crippen LogP contribution in [0.2, 0.25) is 0 Å². The fourth-order valence-corrected chi connectivity index (χ4v) is 2.94. The van der Waals surface area contributed by atoms with E-state index in [1.54, 1.807) is 7.11 Å². The van der Waals surface area contributed by atoms with Crippen LogP contribution in [0.4, 0.5) is 0 Å². The third-order valence-electron chi connectivity index (χ3n) is 4.48. The summed E-state index contributed by atoms with van der Waals surface area (Å²) in [6.07, 6.45) is 2.44. The second-order valence-corrected chi connectivity index (χ2v) is 6.35. The molecule has 0 saturated carbocycles. The number of methoxy groups -OCH3 is 1. The lowest BCUT2D eigenvalue weighted by atomic mass is 10.1. The topological polar surface area (TPSA) is 61.9 Å². The van der Waals surface area contributed by atoms with E-state index in [-0.39, 0.29) is 11.8 Å². The highest BCUT2D eigenvalue weighted by Crippen LogP contribution is 2.18. The maximum absolute atomic E-state index is 12.5. The van der Waals surface area contributed by atoms with Crippen LogP contribution in [0.1, 0.15) is 25.3 Å². The summed E-state index contributed by atoms with van der Waals surface area (Å²) in [6, 6.07) is 7.61. The summed E-state index contributed by atoms with van der Waals surface area (Å²) in [7, 11) is 1.62. The maximum Gasteiger partial charge on any atom is 0.234 e. The monoisotopic (exact) mass is 347 g/mol. The first kappa shape index (κ1) is 19.2. The lowest BCUT2D eigenvalue weighted by molar-refractivity contribution is -0.132. The lowest BCUT2D eigenvalue weighted by Crippen LogP contribution is -2.51. The van der Waals surface area contributed by atoms with Gasteiger partial charge in [-0.05, 0) is 12.5 Å².